The van der Waals surface area contributed by atoms with Crippen LogP contribution < -0.4 is 0 Å². The first-order chi connectivity index (χ1) is 10.9. The third-order valence-corrected chi connectivity index (χ3v) is 6.32. The van der Waals surface area contributed by atoms with Crippen LogP contribution in [0.15, 0.2) is 41.3 Å². The fourth-order valence-corrected chi connectivity index (χ4v) is 4.24. The van der Waals surface area contributed by atoms with Gasteiger partial charge in [-0.3, -0.25) is 4.79 Å². The molecule has 1 atom stereocenters. The molecule has 23 heavy (non-hydrogen) atoms. The Morgan fingerprint density at radius 3 is 2.39 bits per heavy atom. The molecular weight excluding hydrogens is 310 g/mol. The molecule has 5 heteroatoms. The van der Waals surface area contributed by atoms with Crippen LogP contribution in [0.1, 0.15) is 38.2 Å². The van der Waals surface area contributed by atoms with E-state index in [0.717, 1.165) is 31.2 Å². The van der Waals surface area contributed by atoms with Gasteiger partial charge in [-0.25, -0.2) is 8.42 Å². The predicted molar refractivity (Wildman–Crippen MR) is 90.0 cm³/mol. The van der Waals surface area contributed by atoms with Crippen LogP contribution >= 0.6 is 0 Å². The van der Waals surface area contributed by atoms with Crippen LogP contribution in [0.3, 0.4) is 0 Å². The van der Waals surface area contributed by atoms with Crippen molar-refractivity contribution in [2.24, 2.45) is 0 Å². The molecule has 0 N–H and O–H groups in total. The number of benzene rings is 1. The van der Waals surface area contributed by atoms with E-state index in [2.05, 4.69) is 19.1 Å². The third-order valence-electron chi connectivity index (χ3n) is 5.19. The molecule has 0 aromatic heterocycles. The Hall–Kier alpha value is -1.62. The molecule has 1 aliphatic heterocycles. The van der Waals surface area contributed by atoms with E-state index in [4.69, 9.17) is 0 Å². The van der Waals surface area contributed by atoms with E-state index in [1.807, 2.05) is 17.0 Å². The van der Waals surface area contributed by atoms with E-state index in [9.17, 15) is 13.2 Å². The van der Waals surface area contributed by atoms with Crippen LogP contribution in [0.5, 0.6) is 0 Å². The van der Waals surface area contributed by atoms with Crippen LogP contribution in [0, 0.1) is 0 Å². The minimum atomic E-state index is -3.21. The Balaban J connectivity index is 1.91. The minimum absolute atomic E-state index is 0.188. The molecule has 1 aliphatic carbocycles. The molecule has 0 radical (unpaired) electrons. The van der Waals surface area contributed by atoms with Gasteiger partial charge in [0, 0.05) is 12.8 Å². The van der Waals surface area contributed by atoms with Crippen molar-refractivity contribution >= 4 is 15.7 Å². The maximum absolute atomic E-state index is 13.2. The number of nitrogens with zero attached hydrogens (tertiary/aromatic N) is 1. The number of hydrogen-bond donors (Lipinski definition) is 0. The van der Waals surface area contributed by atoms with Gasteiger partial charge in [-0.2, -0.15) is 0 Å². The summed E-state index contributed by atoms with van der Waals surface area (Å²) in [6.07, 6.45) is 9.02. The molecule has 1 aromatic carbocycles. The molecule has 0 bridgehead atoms. The second kappa shape index (κ2) is 5.78. The van der Waals surface area contributed by atoms with Crippen LogP contribution in [-0.4, -0.2) is 38.1 Å². The maximum atomic E-state index is 13.2. The first-order valence-electron chi connectivity index (χ1n) is 8.17. The lowest BCUT2D eigenvalue weighted by atomic mass is 9.63. The maximum Gasteiger partial charge on any atom is 0.234 e. The van der Waals surface area contributed by atoms with E-state index in [-0.39, 0.29) is 11.9 Å². The molecule has 3 rings (SSSR count). The lowest BCUT2D eigenvalue weighted by molar-refractivity contribution is -0.141. The predicted octanol–water partition coefficient (Wildman–Crippen LogP) is 2.69. The van der Waals surface area contributed by atoms with E-state index in [1.165, 1.54) is 6.26 Å². The zero-order valence-electron chi connectivity index (χ0n) is 13.7. The number of carbonyl (C=O) groups excluding carboxylic acids is 1. The van der Waals surface area contributed by atoms with E-state index >= 15 is 0 Å². The zero-order valence-corrected chi connectivity index (χ0v) is 14.5. The van der Waals surface area contributed by atoms with Gasteiger partial charge in [0.2, 0.25) is 5.91 Å². The lowest BCUT2D eigenvalue weighted by Gasteiger charge is -2.44. The van der Waals surface area contributed by atoms with Crippen LogP contribution in [0.4, 0.5) is 0 Å². The van der Waals surface area contributed by atoms with E-state index in [0.29, 0.717) is 11.4 Å². The lowest BCUT2D eigenvalue weighted by Crippen LogP contribution is -2.52. The fraction of sp³-hybridized carbons (Fsp3) is 0.500. The molecule has 0 unspecified atom stereocenters. The molecule has 1 saturated carbocycles. The fourth-order valence-electron chi connectivity index (χ4n) is 3.61. The van der Waals surface area contributed by atoms with Crippen LogP contribution in [0.25, 0.3) is 0 Å². The molecule has 1 aromatic rings. The zero-order chi connectivity index (χ0) is 16.7. The molecule has 1 fully saturated rings. The molecule has 0 spiro atoms. The first-order valence-corrected chi connectivity index (χ1v) is 10.1. The summed E-state index contributed by atoms with van der Waals surface area (Å²) in [7, 11) is -3.21. The van der Waals surface area contributed by atoms with Gasteiger partial charge in [-0.15, -0.1) is 0 Å². The Bertz CT molecular complexity index is 730. The van der Waals surface area contributed by atoms with Crippen LogP contribution in [-0.2, 0) is 20.0 Å². The number of amides is 1. The first kappa shape index (κ1) is 16.2. The molecule has 2 aliphatic rings. The average molecular weight is 333 g/mol. The standard InChI is InChI=1S/C18H23NO3S/c1-3-15-6-4-13-19(15)17(20)18(11-5-12-18)14-7-9-16(10-8-14)23(2,21)22/h4,6-10,15H,3,5,11-13H2,1-2H3/t15-/m1/s1. The van der Waals surface area contributed by atoms with Crippen molar-refractivity contribution in [1.29, 1.82) is 0 Å². The SMILES string of the molecule is CC[C@@H]1C=CCN1C(=O)C1(c2ccc(S(C)(=O)=O)cc2)CCC1. The van der Waals surface area contributed by atoms with Gasteiger partial charge in [0.15, 0.2) is 9.84 Å². The molecule has 124 valence electrons. The van der Waals surface area contributed by atoms with Gasteiger partial charge in [-0.1, -0.05) is 37.6 Å². The average Bonchev–Trinajstić information content (AvgIpc) is 2.94. The number of rotatable bonds is 4. The van der Waals surface area contributed by atoms with Gasteiger partial charge in [0.1, 0.15) is 0 Å². The van der Waals surface area contributed by atoms with Gasteiger partial charge in [-0.05, 0) is 37.0 Å². The van der Waals surface area contributed by atoms with Crippen molar-refractivity contribution < 1.29 is 13.2 Å². The smallest absolute Gasteiger partial charge is 0.234 e. The highest BCUT2D eigenvalue weighted by Gasteiger charge is 2.48. The Morgan fingerprint density at radius 1 is 1.26 bits per heavy atom. The van der Waals surface area contributed by atoms with Crippen LogP contribution in [0.2, 0.25) is 0 Å². The van der Waals surface area contributed by atoms with E-state index < -0.39 is 15.3 Å². The normalized spacial score (nSPS) is 22.9. The summed E-state index contributed by atoms with van der Waals surface area (Å²) in [6.45, 7) is 2.77. The summed E-state index contributed by atoms with van der Waals surface area (Å²) in [5.41, 5.74) is 0.484. The summed E-state index contributed by atoms with van der Waals surface area (Å²) in [6, 6.07) is 7.07. The van der Waals surface area contributed by atoms with Crippen molar-refractivity contribution in [2.45, 2.75) is 49.0 Å². The quantitative estimate of drug-likeness (QED) is 0.796. The topological polar surface area (TPSA) is 54.5 Å². The van der Waals surface area contributed by atoms with Gasteiger partial charge in [0.05, 0.1) is 16.4 Å². The largest absolute Gasteiger partial charge is 0.332 e. The number of carbonyl (C=O) groups is 1. The van der Waals surface area contributed by atoms with Crippen molar-refractivity contribution in [2.75, 3.05) is 12.8 Å². The van der Waals surface area contributed by atoms with Crippen molar-refractivity contribution in [3.05, 3.63) is 42.0 Å². The molecule has 1 amide bonds. The third kappa shape index (κ3) is 2.71. The highest BCUT2D eigenvalue weighted by atomic mass is 32.2. The van der Waals surface area contributed by atoms with Gasteiger partial charge in [0.25, 0.3) is 0 Å². The molecule has 1 heterocycles. The molecular formula is C18H23NO3S. The van der Waals surface area contributed by atoms with E-state index in [1.54, 1.807) is 12.1 Å². The molecule has 4 nitrogen and oxygen atoms in total. The Labute approximate surface area is 138 Å². The summed E-state index contributed by atoms with van der Waals surface area (Å²) < 4.78 is 23.2. The van der Waals surface area contributed by atoms with Crippen molar-refractivity contribution in [3.63, 3.8) is 0 Å². The summed E-state index contributed by atoms with van der Waals surface area (Å²) in [5.74, 6) is 0.188. The number of hydrogen-bond acceptors (Lipinski definition) is 3. The Morgan fingerprint density at radius 2 is 1.91 bits per heavy atom. The van der Waals surface area contributed by atoms with Gasteiger partial charge >= 0.3 is 0 Å². The minimum Gasteiger partial charge on any atom is -0.332 e. The summed E-state index contributed by atoms with van der Waals surface area (Å²) in [5, 5.41) is 0. The monoisotopic (exact) mass is 333 g/mol. The van der Waals surface area contributed by atoms with Crippen molar-refractivity contribution in [1.82, 2.24) is 4.90 Å². The highest BCUT2D eigenvalue weighted by Crippen LogP contribution is 2.46. The number of sulfone groups is 1. The Kier molecular flexibility index (Phi) is 4.08. The van der Waals surface area contributed by atoms with Crippen molar-refractivity contribution in [3.8, 4) is 0 Å². The van der Waals surface area contributed by atoms with Gasteiger partial charge < -0.3 is 4.90 Å². The highest BCUT2D eigenvalue weighted by molar-refractivity contribution is 7.90. The second-order valence-electron chi connectivity index (χ2n) is 6.59. The second-order valence-corrected chi connectivity index (χ2v) is 8.61. The summed E-state index contributed by atoms with van der Waals surface area (Å²) >= 11 is 0. The molecule has 0 saturated heterocycles. The summed E-state index contributed by atoms with van der Waals surface area (Å²) in [4.78, 5) is 15.4.